The molecule has 0 radical (unpaired) electrons. The van der Waals surface area contributed by atoms with E-state index in [0.717, 1.165) is 29.2 Å². The second-order valence-corrected chi connectivity index (χ2v) is 8.94. The number of hydrogen-bond acceptors (Lipinski definition) is 3. The summed E-state index contributed by atoms with van der Waals surface area (Å²) in [6, 6.07) is 9.66. The molecule has 1 spiro atoms. The Morgan fingerprint density at radius 3 is 2.26 bits per heavy atom. The first-order valence-corrected chi connectivity index (χ1v) is 10.8. The SMILES string of the molecule is O=C1CC2(CCN(C(=O)[C@](O)(c3ccccc3)C(F)(F)F)CC2)C(c2ccc(F)c(F)c2)CN1. The summed E-state index contributed by atoms with van der Waals surface area (Å²) in [5, 5.41) is 13.3. The standard InChI is InChI=1S/C24H23F5N2O3/c25-18-7-6-15(12-19(18)26)17-14-30-20(32)13-22(17)8-10-31(11-9-22)21(33)23(34,24(27,28)29)16-4-2-1-3-5-16/h1-7,12,17,34H,8-11,13-14H2,(H,30,32)/t17?,23-/m1/s1. The lowest BCUT2D eigenvalue weighted by atomic mass is 9.62. The molecule has 2 fully saturated rings. The second kappa shape index (κ2) is 8.65. The zero-order valence-electron chi connectivity index (χ0n) is 18.0. The number of rotatable bonds is 3. The normalized spacial score (nSPS) is 22.2. The van der Waals surface area contributed by atoms with Gasteiger partial charge in [0.1, 0.15) is 0 Å². The molecule has 2 aliphatic rings. The quantitative estimate of drug-likeness (QED) is 0.657. The van der Waals surface area contributed by atoms with Crippen molar-refractivity contribution < 1.29 is 36.6 Å². The number of piperidine rings is 2. The molecule has 5 nitrogen and oxygen atoms in total. The number of amides is 2. The van der Waals surface area contributed by atoms with Crippen LogP contribution in [0.3, 0.4) is 0 Å². The first-order chi connectivity index (χ1) is 16.0. The van der Waals surface area contributed by atoms with Gasteiger partial charge in [0.25, 0.3) is 11.5 Å². The van der Waals surface area contributed by atoms with Crippen molar-refractivity contribution in [2.24, 2.45) is 5.41 Å². The zero-order chi connectivity index (χ0) is 24.7. The molecule has 182 valence electrons. The molecular formula is C24H23F5N2O3. The minimum absolute atomic E-state index is 0.0426. The Kier molecular flexibility index (Phi) is 6.14. The van der Waals surface area contributed by atoms with Crippen LogP contribution >= 0.6 is 0 Å². The van der Waals surface area contributed by atoms with Crippen molar-refractivity contribution in [2.75, 3.05) is 19.6 Å². The predicted molar refractivity (Wildman–Crippen MR) is 111 cm³/mol. The fraction of sp³-hybridized carbons (Fsp3) is 0.417. The highest BCUT2D eigenvalue weighted by atomic mass is 19.4. The lowest BCUT2D eigenvalue weighted by molar-refractivity contribution is -0.262. The number of halogens is 5. The van der Waals surface area contributed by atoms with Gasteiger partial charge in [-0.3, -0.25) is 9.59 Å². The number of carbonyl (C=O) groups excluding carboxylic acids is 2. The number of carbonyl (C=O) groups is 2. The van der Waals surface area contributed by atoms with Gasteiger partial charge in [0, 0.05) is 37.5 Å². The summed E-state index contributed by atoms with van der Waals surface area (Å²) in [5.41, 5.74) is -4.56. The van der Waals surface area contributed by atoms with E-state index >= 15 is 0 Å². The molecule has 10 heteroatoms. The lowest BCUT2D eigenvalue weighted by Crippen LogP contribution is -2.59. The molecule has 2 N–H and O–H groups in total. The zero-order valence-corrected chi connectivity index (χ0v) is 18.0. The average molecular weight is 482 g/mol. The number of alkyl halides is 3. The van der Waals surface area contributed by atoms with Crippen LogP contribution in [-0.2, 0) is 15.2 Å². The lowest BCUT2D eigenvalue weighted by Gasteiger charge is -2.50. The van der Waals surface area contributed by atoms with Gasteiger partial charge in [0.15, 0.2) is 11.6 Å². The minimum Gasteiger partial charge on any atom is -0.369 e. The Morgan fingerprint density at radius 1 is 1.03 bits per heavy atom. The molecule has 2 saturated heterocycles. The maximum atomic E-state index is 13.9. The van der Waals surface area contributed by atoms with Crippen molar-refractivity contribution in [3.63, 3.8) is 0 Å². The molecule has 0 saturated carbocycles. The number of nitrogens with zero attached hydrogens (tertiary/aromatic N) is 1. The second-order valence-electron chi connectivity index (χ2n) is 8.94. The number of likely N-dealkylation sites (tertiary alicyclic amines) is 1. The van der Waals surface area contributed by atoms with E-state index in [2.05, 4.69) is 5.32 Å². The summed E-state index contributed by atoms with van der Waals surface area (Å²) < 4.78 is 69.1. The van der Waals surface area contributed by atoms with Crippen molar-refractivity contribution in [1.29, 1.82) is 0 Å². The van der Waals surface area contributed by atoms with Crippen molar-refractivity contribution in [1.82, 2.24) is 10.2 Å². The van der Waals surface area contributed by atoms with Gasteiger partial charge in [-0.05, 0) is 36.0 Å². The minimum atomic E-state index is -5.25. The monoisotopic (exact) mass is 482 g/mol. The number of aliphatic hydroxyl groups is 1. The van der Waals surface area contributed by atoms with E-state index in [1.54, 1.807) is 0 Å². The van der Waals surface area contributed by atoms with Gasteiger partial charge in [-0.25, -0.2) is 8.78 Å². The van der Waals surface area contributed by atoms with Gasteiger partial charge >= 0.3 is 6.18 Å². The molecule has 34 heavy (non-hydrogen) atoms. The third kappa shape index (κ3) is 4.04. The van der Waals surface area contributed by atoms with E-state index in [1.165, 1.54) is 24.3 Å². The molecule has 0 aliphatic carbocycles. The largest absolute Gasteiger partial charge is 0.430 e. The van der Waals surface area contributed by atoms with Crippen LogP contribution in [0.15, 0.2) is 48.5 Å². The van der Waals surface area contributed by atoms with Gasteiger partial charge in [0.05, 0.1) is 0 Å². The predicted octanol–water partition coefficient (Wildman–Crippen LogP) is 3.63. The molecule has 2 amide bonds. The van der Waals surface area contributed by atoms with E-state index in [-0.39, 0.29) is 44.8 Å². The van der Waals surface area contributed by atoms with Gasteiger partial charge in [-0.2, -0.15) is 13.2 Å². The Labute approximate surface area is 192 Å². The fourth-order valence-corrected chi connectivity index (χ4v) is 5.14. The highest BCUT2D eigenvalue weighted by Gasteiger charge is 2.62. The van der Waals surface area contributed by atoms with E-state index in [9.17, 15) is 36.6 Å². The van der Waals surface area contributed by atoms with Crippen molar-refractivity contribution >= 4 is 11.8 Å². The third-order valence-electron chi connectivity index (χ3n) is 7.06. The molecule has 2 aliphatic heterocycles. The Morgan fingerprint density at radius 2 is 1.68 bits per heavy atom. The summed E-state index contributed by atoms with van der Waals surface area (Å²) >= 11 is 0. The first-order valence-electron chi connectivity index (χ1n) is 10.8. The third-order valence-corrected chi connectivity index (χ3v) is 7.06. The molecule has 2 atom stereocenters. The molecule has 1 unspecified atom stereocenters. The van der Waals surface area contributed by atoms with Crippen LogP contribution < -0.4 is 5.32 Å². The molecule has 4 rings (SSSR count). The van der Waals surface area contributed by atoms with Crippen LogP contribution in [0.25, 0.3) is 0 Å². The van der Waals surface area contributed by atoms with Crippen molar-refractivity contribution in [3.8, 4) is 0 Å². The molecule has 0 aromatic heterocycles. The summed E-state index contributed by atoms with van der Waals surface area (Å²) in [4.78, 5) is 26.2. The fourth-order valence-electron chi connectivity index (χ4n) is 5.14. The molecule has 0 bridgehead atoms. The van der Waals surface area contributed by atoms with Crippen molar-refractivity contribution in [2.45, 2.75) is 37.0 Å². The Hall–Kier alpha value is -3.01. The van der Waals surface area contributed by atoms with Gasteiger partial charge < -0.3 is 15.3 Å². The maximum Gasteiger partial charge on any atom is 0.430 e. The summed E-state index contributed by atoms with van der Waals surface area (Å²) in [7, 11) is 0. The number of benzene rings is 2. The van der Waals surface area contributed by atoms with Gasteiger partial charge in [0.2, 0.25) is 5.91 Å². The van der Waals surface area contributed by atoms with Crippen molar-refractivity contribution in [3.05, 3.63) is 71.3 Å². The Balaban J connectivity index is 1.60. The van der Waals surface area contributed by atoms with Gasteiger partial charge in [-0.15, -0.1) is 0 Å². The molecule has 2 heterocycles. The van der Waals surface area contributed by atoms with E-state index < -0.39 is 46.2 Å². The van der Waals surface area contributed by atoms with Crippen LogP contribution in [0.2, 0.25) is 0 Å². The van der Waals surface area contributed by atoms with Crippen LogP contribution in [-0.4, -0.2) is 47.6 Å². The van der Waals surface area contributed by atoms with Crippen LogP contribution in [0.1, 0.15) is 36.3 Å². The highest BCUT2D eigenvalue weighted by Crippen LogP contribution is 2.50. The van der Waals surface area contributed by atoms with Crippen LogP contribution in [0.4, 0.5) is 22.0 Å². The maximum absolute atomic E-state index is 13.9. The number of nitrogens with one attached hydrogen (secondary N) is 1. The first kappa shape index (κ1) is 24.1. The van der Waals surface area contributed by atoms with E-state index in [4.69, 9.17) is 0 Å². The van der Waals surface area contributed by atoms with Crippen LogP contribution in [0.5, 0.6) is 0 Å². The van der Waals surface area contributed by atoms with E-state index in [1.807, 2.05) is 0 Å². The Bertz CT molecular complexity index is 1080. The average Bonchev–Trinajstić information content (AvgIpc) is 2.80. The van der Waals surface area contributed by atoms with Crippen LogP contribution in [0, 0.1) is 17.0 Å². The summed E-state index contributed by atoms with van der Waals surface area (Å²) in [6.07, 6.45) is -4.88. The number of hydrogen-bond donors (Lipinski definition) is 2. The summed E-state index contributed by atoms with van der Waals surface area (Å²) in [5.74, 6) is -4.19. The molecular weight excluding hydrogens is 459 g/mol. The molecule has 2 aromatic carbocycles. The van der Waals surface area contributed by atoms with E-state index in [0.29, 0.717) is 5.56 Å². The highest BCUT2D eigenvalue weighted by molar-refractivity contribution is 5.87. The smallest absolute Gasteiger partial charge is 0.369 e. The topological polar surface area (TPSA) is 69.6 Å². The van der Waals surface area contributed by atoms with Gasteiger partial charge in [-0.1, -0.05) is 36.4 Å². The molecule has 2 aromatic rings. The summed E-state index contributed by atoms with van der Waals surface area (Å²) in [6.45, 7) is -0.0939.